The quantitative estimate of drug-likeness (QED) is 0.889. The summed E-state index contributed by atoms with van der Waals surface area (Å²) in [5.41, 5.74) is 5.73. The second kappa shape index (κ2) is 5.86. The van der Waals surface area contributed by atoms with Gasteiger partial charge in [-0.15, -0.1) is 0 Å². The molecule has 0 aliphatic heterocycles. The van der Waals surface area contributed by atoms with E-state index in [1.807, 2.05) is 0 Å². The number of aliphatic hydroxyl groups excluding tert-OH is 1. The third kappa shape index (κ3) is 2.77. The monoisotopic (exact) mass is 264 g/mol. The van der Waals surface area contributed by atoms with Gasteiger partial charge in [0.15, 0.2) is 0 Å². The second-order valence-electron chi connectivity index (χ2n) is 4.18. The molecule has 0 saturated carbocycles. The van der Waals surface area contributed by atoms with E-state index in [1.54, 1.807) is 24.4 Å². The van der Waals surface area contributed by atoms with Crippen LogP contribution in [0.25, 0.3) is 0 Å². The SMILES string of the molecule is NCC(c1ccccn1)C(O)c1c(F)cccc1F. The molecular weight excluding hydrogens is 250 g/mol. The van der Waals surface area contributed by atoms with Crippen molar-refractivity contribution in [3.63, 3.8) is 0 Å². The molecule has 19 heavy (non-hydrogen) atoms. The third-order valence-corrected chi connectivity index (χ3v) is 3.00. The molecular formula is C14H14F2N2O. The Hall–Kier alpha value is -1.85. The molecule has 2 unspecified atom stereocenters. The maximum Gasteiger partial charge on any atom is 0.131 e. The highest BCUT2D eigenvalue weighted by Gasteiger charge is 2.27. The number of aliphatic hydroxyl groups is 1. The Morgan fingerprint density at radius 2 is 1.79 bits per heavy atom. The molecule has 2 aromatic rings. The van der Waals surface area contributed by atoms with Gasteiger partial charge in [-0.1, -0.05) is 12.1 Å². The molecule has 0 fully saturated rings. The zero-order valence-corrected chi connectivity index (χ0v) is 10.1. The molecule has 0 aliphatic rings. The second-order valence-corrected chi connectivity index (χ2v) is 4.18. The van der Waals surface area contributed by atoms with E-state index >= 15 is 0 Å². The number of rotatable bonds is 4. The molecule has 0 amide bonds. The lowest BCUT2D eigenvalue weighted by molar-refractivity contribution is 0.137. The molecule has 1 aromatic heterocycles. The molecule has 5 heteroatoms. The van der Waals surface area contributed by atoms with E-state index in [0.717, 1.165) is 12.1 Å². The smallest absolute Gasteiger partial charge is 0.131 e. The van der Waals surface area contributed by atoms with Crippen LogP contribution >= 0.6 is 0 Å². The Morgan fingerprint density at radius 3 is 2.32 bits per heavy atom. The lowest BCUT2D eigenvalue weighted by Crippen LogP contribution is -2.22. The summed E-state index contributed by atoms with van der Waals surface area (Å²) >= 11 is 0. The molecule has 0 aliphatic carbocycles. The predicted molar refractivity (Wildman–Crippen MR) is 67.4 cm³/mol. The topological polar surface area (TPSA) is 59.1 Å². The van der Waals surface area contributed by atoms with Crippen molar-refractivity contribution >= 4 is 0 Å². The van der Waals surface area contributed by atoms with Crippen LogP contribution in [0.2, 0.25) is 0 Å². The minimum Gasteiger partial charge on any atom is -0.387 e. The van der Waals surface area contributed by atoms with E-state index in [9.17, 15) is 13.9 Å². The zero-order valence-electron chi connectivity index (χ0n) is 10.1. The normalized spacial score (nSPS) is 14.1. The minimum absolute atomic E-state index is 0.0337. The number of pyridine rings is 1. The fourth-order valence-electron chi connectivity index (χ4n) is 2.00. The van der Waals surface area contributed by atoms with Crippen LogP contribution in [0.3, 0.4) is 0 Å². The van der Waals surface area contributed by atoms with E-state index in [1.165, 1.54) is 6.07 Å². The van der Waals surface area contributed by atoms with Gasteiger partial charge >= 0.3 is 0 Å². The van der Waals surface area contributed by atoms with Crippen LogP contribution in [-0.4, -0.2) is 16.6 Å². The average Bonchev–Trinajstić information content (AvgIpc) is 2.40. The molecule has 2 atom stereocenters. The summed E-state index contributed by atoms with van der Waals surface area (Å²) in [6, 6.07) is 8.57. The number of aromatic nitrogens is 1. The van der Waals surface area contributed by atoms with Crippen molar-refractivity contribution in [3.05, 3.63) is 65.5 Å². The summed E-state index contributed by atoms with van der Waals surface area (Å²) < 4.78 is 27.3. The largest absolute Gasteiger partial charge is 0.387 e. The standard InChI is InChI=1S/C14H14F2N2O/c15-10-4-3-5-11(16)13(10)14(19)9(8-17)12-6-1-2-7-18-12/h1-7,9,14,19H,8,17H2. The molecule has 0 spiro atoms. The average molecular weight is 264 g/mol. The van der Waals surface area contributed by atoms with Crippen LogP contribution in [0.1, 0.15) is 23.3 Å². The molecule has 3 nitrogen and oxygen atoms in total. The Balaban J connectivity index is 2.39. The van der Waals surface area contributed by atoms with Crippen molar-refractivity contribution in [1.82, 2.24) is 4.98 Å². The number of nitrogens with two attached hydrogens (primary N) is 1. The Kier molecular flexibility index (Phi) is 4.19. The fourth-order valence-corrected chi connectivity index (χ4v) is 2.00. The van der Waals surface area contributed by atoms with E-state index in [-0.39, 0.29) is 12.1 Å². The van der Waals surface area contributed by atoms with Crippen molar-refractivity contribution in [2.45, 2.75) is 12.0 Å². The van der Waals surface area contributed by atoms with Gasteiger partial charge in [0.1, 0.15) is 11.6 Å². The lowest BCUT2D eigenvalue weighted by atomic mass is 9.92. The number of benzene rings is 1. The first-order valence-corrected chi connectivity index (χ1v) is 5.88. The first-order chi connectivity index (χ1) is 9.15. The van der Waals surface area contributed by atoms with E-state index in [0.29, 0.717) is 5.69 Å². The van der Waals surface area contributed by atoms with Gasteiger partial charge in [-0.05, 0) is 24.3 Å². The molecule has 1 heterocycles. The van der Waals surface area contributed by atoms with Gasteiger partial charge in [0.05, 0.1) is 11.7 Å². The van der Waals surface area contributed by atoms with Gasteiger partial charge in [0, 0.05) is 24.4 Å². The van der Waals surface area contributed by atoms with E-state index < -0.39 is 23.7 Å². The number of hydrogen-bond acceptors (Lipinski definition) is 3. The highest BCUT2D eigenvalue weighted by Crippen LogP contribution is 2.32. The highest BCUT2D eigenvalue weighted by molar-refractivity contribution is 5.26. The number of hydrogen-bond donors (Lipinski definition) is 2. The van der Waals surface area contributed by atoms with Crippen LogP contribution in [0, 0.1) is 11.6 Å². The summed E-state index contributed by atoms with van der Waals surface area (Å²) in [4.78, 5) is 4.07. The van der Waals surface area contributed by atoms with Crippen LogP contribution < -0.4 is 5.73 Å². The van der Waals surface area contributed by atoms with Crippen LogP contribution in [0.5, 0.6) is 0 Å². The van der Waals surface area contributed by atoms with Gasteiger partial charge in [-0.3, -0.25) is 4.98 Å². The minimum atomic E-state index is -1.37. The van der Waals surface area contributed by atoms with Gasteiger partial charge < -0.3 is 10.8 Å². The highest BCUT2D eigenvalue weighted by atomic mass is 19.1. The summed E-state index contributed by atoms with van der Waals surface area (Å²) in [6.45, 7) is 0.0337. The molecule has 0 saturated heterocycles. The van der Waals surface area contributed by atoms with Gasteiger partial charge in [-0.25, -0.2) is 8.78 Å². The third-order valence-electron chi connectivity index (χ3n) is 3.00. The fraction of sp³-hybridized carbons (Fsp3) is 0.214. The van der Waals surface area contributed by atoms with E-state index in [4.69, 9.17) is 5.73 Å². The van der Waals surface area contributed by atoms with Crippen LogP contribution in [-0.2, 0) is 0 Å². The van der Waals surface area contributed by atoms with Gasteiger partial charge in [-0.2, -0.15) is 0 Å². The first kappa shape index (κ1) is 13.6. The molecule has 0 radical (unpaired) electrons. The lowest BCUT2D eigenvalue weighted by Gasteiger charge is -2.22. The van der Waals surface area contributed by atoms with Crippen LogP contribution in [0.4, 0.5) is 8.78 Å². The van der Waals surface area contributed by atoms with Crippen molar-refractivity contribution in [2.24, 2.45) is 5.73 Å². The maximum absolute atomic E-state index is 13.7. The van der Waals surface area contributed by atoms with E-state index in [2.05, 4.69) is 4.98 Å². The van der Waals surface area contributed by atoms with Gasteiger partial charge in [0.2, 0.25) is 0 Å². The Labute approximate surface area is 109 Å². The van der Waals surface area contributed by atoms with Crippen molar-refractivity contribution in [3.8, 4) is 0 Å². The molecule has 100 valence electrons. The summed E-state index contributed by atoms with van der Waals surface area (Å²) in [5, 5.41) is 10.2. The summed E-state index contributed by atoms with van der Waals surface area (Å²) in [7, 11) is 0. The van der Waals surface area contributed by atoms with Gasteiger partial charge in [0.25, 0.3) is 0 Å². The van der Waals surface area contributed by atoms with Crippen LogP contribution in [0.15, 0.2) is 42.6 Å². The molecule has 1 aromatic carbocycles. The number of nitrogens with zero attached hydrogens (tertiary/aromatic N) is 1. The van der Waals surface area contributed by atoms with Crippen molar-refractivity contribution in [2.75, 3.05) is 6.54 Å². The zero-order chi connectivity index (χ0) is 13.8. The predicted octanol–water partition coefficient (Wildman–Crippen LogP) is 2.14. The maximum atomic E-state index is 13.7. The summed E-state index contributed by atoms with van der Waals surface area (Å²) in [6.07, 6.45) is 0.170. The van der Waals surface area contributed by atoms with Crippen molar-refractivity contribution in [1.29, 1.82) is 0 Å². The molecule has 0 bridgehead atoms. The Bertz CT molecular complexity index is 528. The molecule has 3 N–H and O–H groups in total. The summed E-state index contributed by atoms with van der Waals surface area (Å²) in [5.74, 6) is -2.24. The first-order valence-electron chi connectivity index (χ1n) is 5.88. The molecule has 2 rings (SSSR count). The number of halogens is 2. The van der Waals surface area contributed by atoms with Crippen molar-refractivity contribution < 1.29 is 13.9 Å². The Morgan fingerprint density at radius 1 is 1.11 bits per heavy atom.